The Kier molecular flexibility index (Phi) is 6.73. The molecule has 2 aliphatic carbocycles. The van der Waals surface area contributed by atoms with Crippen LogP contribution in [0, 0.1) is 5.92 Å². The van der Waals surface area contributed by atoms with Crippen LogP contribution in [-0.4, -0.2) is 11.9 Å². The van der Waals surface area contributed by atoms with E-state index in [0.29, 0.717) is 17.9 Å². The summed E-state index contributed by atoms with van der Waals surface area (Å²) < 4.78 is 0. The highest BCUT2D eigenvalue weighted by atomic mass is 16.1. The van der Waals surface area contributed by atoms with E-state index in [9.17, 15) is 4.79 Å². The Morgan fingerprint density at radius 2 is 1.05 bits per heavy atom. The third kappa shape index (κ3) is 5.54. The third-order valence-electron chi connectivity index (χ3n) is 4.93. The summed E-state index contributed by atoms with van der Waals surface area (Å²) in [6, 6.07) is 0.475. The highest BCUT2D eigenvalue weighted by Crippen LogP contribution is 2.23. The van der Waals surface area contributed by atoms with E-state index in [2.05, 4.69) is 5.32 Å². The molecular formula is C17H31NO. The first-order valence-electron chi connectivity index (χ1n) is 8.66. The number of nitrogens with one attached hydrogen (secondary N) is 1. The zero-order valence-corrected chi connectivity index (χ0v) is 12.5. The molecule has 2 nitrogen and oxygen atoms in total. The minimum atomic E-state index is 0.307. The standard InChI is InChI=1S/C17H31NO/c19-17(18-16-13-9-5-6-10-14-16)15-11-7-3-1-2-4-8-12-15/h15-16H,1-14H2,(H,18,19). The van der Waals surface area contributed by atoms with Gasteiger partial charge in [0.05, 0.1) is 0 Å². The molecule has 0 atom stereocenters. The lowest BCUT2D eigenvalue weighted by Gasteiger charge is -2.21. The van der Waals surface area contributed by atoms with Crippen molar-refractivity contribution in [1.82, 2.24) is 5.32 Å². The molecule has 110 valence electrons. The van der Waals surface area contributed by atoms with E-state index in [-0.39, 0.29) is 0 Å². The van der Waals surface area contributed by atoms with Crippen LogP contribution >= 0.6 is 0 Å². The number of hydrogen-bond acceptors (Lipinski definition) is 1. The monoisotopic (exact) mass is 265 g/mol. The lowest BCUT2D eigenvalue weighted by atomic mass is 9.95. The van der Waals surface area contributed by atoms with Gasteiger partial charge in [-0.3, -0.25) is 4.79 Å². The van der Waals surface area contributed by atoms with Crippen molar-refractivity contribution < 1.29 is 4.79 Å². The predicted octanol–water partition coefficient (Wildman–Crippen LogP) is 4.58. The highest BCUT2D eigenvalue weighted by Gasteiger charge is 2.22. The molecule has 2 heteroatoms. The van der Waals surface area contributed by atoms with Gasteiger partial charge in [0.15, 0.2) is 0 Å². The second kappa shape index (κ2) is 8.60. The van der Waals surface area contributed by atoms with Crippen molar-refractivity contribution in [2.45, 2.75) is 95.9 Å². The summed E-state index contributed by atoms with van der Waals surface area (Å²) >= 11 is 0. The number of hydrogen-bond donors (Lipinski definition) is 1. The van der Waals surface area contributed by atoms with Crippen molar-refractivity contribution in [2.24, 2.45) is 5.92 Å². The molecule has 19 heavy (non-hydrogen) atoms. The minimum absolute atomic E-state index is 0.307. The molecule has 2 saturated carbocycles. The molecule has 0 aliphatic heterocycles. The molecule has 0 unspecified atom stereocenters. The Hall–Kier alpha value is -0.530. The smallest absolute Gasteiger partial charge is 0.223 e. The van der Waals surface area contributed by atoms with Crippen LogP contribution in [0.1, 0.15) is 89.9 Å². The van der Waals surface area contributed by atoms with Gasteiger partial charge in [-0.2, -0.15) is 0 Å². The van der Waals surface area contributed by atoms with Gasteiger partial charge in [-0.1, -0.05) is 64.2 Å². The molecule has 1 amide bonds. The molecule has 0 saturated heterocycles. The first-order valence-corrected chi connectivity index (χ1v) is 8.66. The van der Waals surface area contributed by atoms with Crippen LogP contribution < -0.4 is 5.32 Å². The van der Waals surface area contributed by atoms with Gasteiger partial charge in [-0.15, -0.1) is 0 Å². The number of carbonyl (C=O) groups is 1. The largest absolute Gasteiger partial charge is 0.353 e. The quantitative estimate of drug-likeness (QED) is 0.728. The van der Waals surface area contributed by atoms with E-state index < -0.39 is 0 Å². The molecule has 2 aliphatic rings. The van der Waals surface area contributed by atoms with Crippen molar-refractivity contribution >= 4 is 5.91 Å². The second-order valence-electron chi connectivity index (χ2n) is 6.59. The Morgan fingerprint density at radius 3 is 1.58 bits per heavy atom. The van der Waals surface area contributed by atoms with Crippen molar-refractivity contribution in [3.05, 3.63) is 0 Å². The van der Waals surface area contributed by atoms with Crippen LogP contribution in [0.5, 0.6) is 0 Å². The lowest BCUT2D eigenvalue weighted by Crippen LogP contribution is -2.38. The average Bonchev–Trinajstić information content (AvgIpc) is 2.58. The van der Waals surface area contributed by atoms with Crippen LogP contribution in [0.15, 0.2) is 0 Å². The van der Waals surface area contributed by atoms with E-state index in [0.717, 1.165) is 12.8 Å². The normalized spacial score (nSPS) is 24.8. The summed E-state index contributed by atoms with van der Waals surface area (Å²) in [4.78, 5) is 12.4. The molecule has 1 N–H and O–H groups in total. The summed E-state index contributed by atoms with van der Waals surface area (Å²) in [6.45, 7) is 0. The molecule has 2 rings (SSSR count). The van der Waals surface area contributed by atoms with Crippen molar-refractivity contribution in [2.75, 3.05) is 0 Å². The first-order chi connectivity index (χ1) is 9.36. The van der Waals surface area contributed by atoms with Crippen molar-refractivity contribution in [1.29, 1.82) is 0 Å². The second-order valence-corrected chi connectivity index (χ2v) is 6.59. The van der Waals surface area contributed by atoms with E-state index >= 15 is 0 Å². The lowest BCUT2D eigenvalue weighted by molar-refractivity contribution is -0.126. The van der Waals surface area contributed by atoms with E-state index in [1.54, 1.807) is 0 Å². The van der Waals surface area contributed by atoms with Crippen LogP contribution in [0.25, 0.3) is 0 Å². The van der Waals surface area contributed by atoms with E-state index in [4.69, 9.17) is 0 Å². The fourth-order valence-corrected chi connectivity index (χ4v) is 3.64. The summed E-state index contributed by atoms with van der Waals surface area (Å²) in [5.74, 6) is 0.676. The minimum Gasteiger partial charge on any atom is -0.353 e. The van der Waals surface area contributed by atoms with Gasteiger partial charge in [0, 0.05) is 12.0 Å². The van der Waals surface area contributed by atoms with Crippen molar-refractivity contribution in [3.8, 4) is 0 Å². The van der Waals surface area contributed by atoms with Crippen molar-refractivity contribution in [3.63, 3.8) is 0 Å². The van der Waals surface area contributed by atoms with Crippen LogP contribution in [0.2, 0.25) is 0 Å². The summed E-state index contributed by atoms with van der Waals surface area (Å²) in [6.07, 6.45) is 17.9. The van der Waals surface area contributed by atoms with Gasteiger partial charge in [-0.05, 0) is 25.7 Å². The SMILES string of the molecule is O=C(NC1CCCCCC1)C1CCCCCCCC1. The number of carbonyl (C=O) groups excluding carboxylic acids is 1. The average molecular weight is 265 g/mol. The molecule has 2 fully saturated rings. The van der Waals surface area contributed by atoms with Gasteiger partial charge < -0.3 is 5.32 Å². The molecule has 0 heterocycles. The molecule has 0 bridgehead atoms. The zero-order valence-electron chi connectivity index (χ0n) is 12.5. The van der Waals surface area contributed by atoms with Gasteiger partial charge in [0.2, 0.25) is 5.91 Å². The predicted molar refractivity (Wildman–Crippen MR) is 80.1 cm³/mol. The van der Waals surface area contributed by atoms with Gasteiger partial charge in [0.1, 0.15) is 0 Å². The first kappa shape index (κ1) is 14.9. The summed E-state index contributed by atoms with van der Waals surface area (Å²) in [5.41, 5.74) is 0. The zero-order chi connectivity index (χ0) is 13.3. The maximum absolute atomic E-state index is 12.4. The Bertz CT molecular complexity index is 246. The van der Waals surface area contributed by atoms with Gasteiger partial charge in [-0.25, -0.2) is 0 Å². The highest BCUT2D eigenvalue weighted by molar-refractivity contribution is 5.78. The van der Waals surface area contributed by atoms with E-state index in [1.807, 2.05) is 0 Å². The molecule has 0 aromatic carbocycles. The van der Waals surface area contributed by atoms with Crippen LogP contribution in [0.3, 0.4) is 0 Å². The Balaban J connectivity index is 1.78. The number of amides is 1. The molecule has 0 spiro atoms. The summed E-state index contributed by atoms with van der Waals surface area (Å²) in [5, 5.41) is 3.36. The molecule has 0 aromatic heterocycles. The maximum atomic E-state index is 12.4. The van der Waals surface area contributed by atoms with Crippen LogP contribution in [0.4, 0.5) is 0 Å². The van der Waals surface area contributed by atoms with E-state index in [1.165, 1.54) is 77.0 Å². The summed E-state index contributed by atoms with van der Waals surface area (Å²) in [7, 11) is 0. The molecule has 0 radical (unpaired) electrons. The fourth-order valence-electron chi connectivity index (χ4n) is 3.64. The third-order valence-corrected chi connectivity index (χ3v) is 4.93. The Labute approximate surface area is 118 Å². The molecule has 0 aromatic rings. The molecular weight excluding hydrogens is 234 g/mol. The topological polar surface area (TPSA) is 29.1 Å². The van der Waals surface area contributed by atoms with Crippen LogP contribution in [-0.2, 0) is 4.79 Å². The Morgan fingerprint density at radius 1 is 0.632 bits per heavy atom. The maximum Gasteiger partial charge on any atom is 0.223 e. The fraction of sp³-hybridized carbons (Fsp3) is 0.941. The van der Waals surface area contributed by atoms with Gasteiger partial charge in [0.25, 0.3) is 0 Å². The van der Waals surface area contributed by atoms with Gasteiger partial charge >= 0.3 is 0 Å². The number of rotatable bonds is 2.